The van der Waals surface area contributed by atoms with Gasteiger partial charge in [0.15, 0.2) is 5.75 Å². The predicted octanol–water partition coefficient (Wildman–Crippen LogP) is 3.11. The fourth-order valence-electron chi connectivity index (χ4n) is 1.12. The molecule has 0 atom stereocenters. The quantitative estimate of drug-likeness (QED) is 0.846. The zero-order valence-corrected chi connectivity index (χ0v) is 8.61. The number of hydrogen-bond acceptors (Lipinski definition) is 3. The van der Waals surface area contributed by atoms with Gasteiger partial charge in [-0.05, 0) is 18.2 Å². The lowest BCUT2D eigenvalue weighted by atomic mass is 10.3. The van der Waals surface area contributed by atoms with Gasteiger partial charge >= 0.3 is 0 Å². The number of benzene rings is 1. The first-order valence-corrected chi connectivity index (χ1v) is 4.77. The molecule has 0 bridgehead atoms. The number of anilines is 1. The standard InChI is InChI=1S/C11H9ClN2O/c12-8-3-1-2-4-10(8)15-11-7-14-6-5-9(11)13/h1-7H,(H2,13,14). The number of hydrogen-bond donors (Lipinski definition) is 1. The minimum absolute atomic E-state index is 0.505. The van der Waals surface area contributed by atoms with Gasteiger partial charge in [-0.2, -0.15) is 0 Å². The molecule has 0 spiro atoms. The number of nitrogens with zero attached hydrogens (tertiary/aromatic N) is 1. The van der Waals surface area contributed by atoms with Crippen LogP contribution in [0.5, 0.6) is 11.5 Å². The van der Waals surface area contributed by atoms with Crippen LogP contribution in [0.4, 0.5) is 5.69 Å². The Morgan fingerprint density at radius 2 is 1.93 bits per heavy atom. The fraction of sp³-hybridized carbons (Fsp3) is 0. The average molecular weight is 221 g/mol. The van der Waals surface area contributed by atoms with Crippen molar-refractivity contribution in [3.8, 4) is 11.5 Å². The Balaban J connectivity index is 2.30. The summed E-state index contributed by atoms with van der Waals surface area (Å²) in [4.78, 5) is 3.92. The summed E-state index contributed by atoms with van der Waals surface area (Å²) in [7, 11) is 0. The summed E-state index contributed by atoms with van der Waals surface area (Å²) in [6.07, 6.45) is 3.16. The molecule has 3 nitrogen and oxygen atoms in total. The monoisotopic (exact) mass is 220 g/mol. The van der Waals surface area contributed by atoms with Crippen molar-refractivity contribution in [1.82, 2.24) is 4.98 Å². The molecule has 0 unspecified atom stereocenters. The third-order valence-electron chi connectivity index (χ3n) is 1.87. The van der Waals surface area contributed by atoms with E-state index in [0.29, 0.717) is 22.2 Å². The maximum atomic E-state index is 5.94. The number of pyridine rings is 1. The van der Waals surface area contributed by atoms with Crippen LogP contribution in [-0.4, -0.2) is 4.98 Å². The van der Waals surface area contributed by atoms with Crippen LogP contribution in [0.25, 0.3) is 0 Å². The Kier molecular flexibility index (Phi) is 2.74. The Labute approximate surface area is 92.5 Å². The van der Waals surface area contributed by atoms with Gasteiger partial charge in [0.2, 0.25) is 0 Å². The van der Waals surface area contributed by atoms with Crippen molar-refractivity contribution in [3.63, 3.8) is 0 Å². The Morgan fingerprint density at radius 1 is 1.13 bits per heavy atom. The number of ether oxygens (including phenoxy) is 1. The molecule has 2 rings (SSSR count). The van der Waals surface area contributed by atoms with Gasteiger partial charge in [0.25, 0.3) is 0 Å². The Morgan fingerprint density at radius 3 is 2.67 bits per heavy atom. The van der Waals surface area contributed by atoms with Crippen LogP contribution >= 0.6 is 11.6 Å². The first-order chi connectivity index (χ1) is 7.27. The first-order valence-electron chi connectivity index (χ1n) is 4.39. The molecule has 0 aliphatic carbocycles. The number of para-hydroxylation sites is 1. The van der Waals surface area contributed by atoms with E-state index in [9.17, 15) is 0 Å². The zero-order valence-electron chi connectivity index (χ0n) is 7.85. The lowest BCUT2D eigenvalue weighted by molar-refractivity contribution is 0.483. The normalized spacial score (nSPS) is 9.93. The molecule has 0 aliphatic heterocycles. The molecule has 2 N–H and O–H groups in total. The van der Waals surface area contributed by atoms with Gasteiger partial charge in [0, 0.05) is 6.20 Å². The van der Waals surface area contributed by atoms with Crippen molar-refractivity contribution >= 4 is 17.3 Å². The second-order valence-corrected chi connectivity index (χ2v) is 3.35. The highest BCUT2D eigenvalue weighted by molar-refractivity contribution is 6.32. The summed E-state index contributed by atoms with van der Waals surface area (Å²) >= 11 is 5.94. The molecule has 1 aromatic carbocycles. The minimum Gasteiger partial charge on any atom is -0.452 e. The zero-order chi connectivity index (χ0) is 10.7. The van der Waals surface area contributed by atoms with Crippen LogP contribution in [-0.2, 0) is 0 Å². The van der Waals surface area contributed by atoms with Crippen LogP contribution in [0.3, 0.4) is 0 Å². The van der Waals surface area contributed by atoms with Crippen LogP contribution < -0.4 is 10.5 Å². The lowest BCUT2D eigenvalue weighted by Crippen LogP contribution is -1.92. The maximum Gasteiger partial charge on any atom is 0.168 e. The number of nitrogen functional groups attached to an aromatic ring is 1. The van der Waals surface area contributed by atoms with E-state index >= 15 is 0 Å². The van der Waals surface area contributed by atoms with Gasteiger partial charge in [-0.3, -0.25) is 4.98 Å². The summed E-state index contributed by atoms with van der Waals surface area (Å²) in [6.45, 7) is 0. The summed E-state index contributed by atoms with van der Waals surface area (Å²) in [5.74, 6) is 1.07. The summed E-state index contributed by atoms with van der Waals surface area (Å²) in [6, 6.07) is 8.87. The molecule has 1 heterocycles. The molecule has 2 aromatic rings. The summed E-state index contributed by atoms with van der Waals surface area (Å²) in [5.41, 5.74) is 6.24. The van der Waals surface area contributed by atoms with Crippen LogP contribution in [0.2, 0.25) is 5.02 Å². The van der Waals surface area contributed by atoms with E-state index in [2.05, 4.69) is 4.98 Å². The van der Waals surface area contributed by atoms with E-state index in [1.54, 1.807) is 30.6 Å². The number of nitrogens with two attached hydrogens (primary N) is 1. The molecule has 0 saturated heterocycles. The van der Waals surface area contributed by atoms with Crippen molar-refractivity contribution in [1.29, 1.82) is 0 Å². The van der Waals surface area contributed by atoms with Crippen molar-refractivity contribution in [3.05, 3.63) is 47.7 Å². The number of aromatic nitrogens is 1. The van der Waals surface area contributed by atoms with Gasteiger partial charge in [0.05, 0.1) is 16.9 Å². The van der Waals surface area contributed by atoms with Gasteiger partial charge < -0.3 is 10.5 Å². The number of rotatable bonds is 2. The van der Waals surface area contributed by atoms with E-state index in [-0.39, 0.29) is 0 Å². The van der Waals surface area contributed by atoms with E-state index in [1.165, 1.54) is 0 Å². The average Bonchev–Trinajstić information content (AvgIpc) is 2.24. The summed E-state index contributed by atoms with van der Waals surface area (Å²) in [5, 5.41) is 0.542. The van der Waals surface area contributed by atoms with E-state index in [0.717, 1.165) is 0 Å². The number of halogens is 1. The maximum absolute atomic E-state index is 5.94. The molecular weight excluding hydrogens is 212 g/mol. The highest BCUT2D eigenvalue weighted by Crippen LogP contribution is 2.31. The van der Waals surface area contributed by atoms with Crippen molar-refractivity contribution in [2.24, 2.45) is 0 Å². The van der Waals surface area contributed by atoms with Gasteiger partial charge in [-0.1, -0.05) is 23.7 Å². The molecule has 4 heteroatoms. The third-order valence-corrected chi connectivity index (χ3v) is 2.19. The smallest absolute Gasteiger partial charge is 0.168 e. The SMILES string of the molecule is Nc1ccncc1Oc1ccccc1Cl. The van der Waals surface area contributed by atoms with Crippen LogP contribution in [0.1, 0.15) is 0 Å². The highest BCUT2D eigenvalue weighted by Gasteiger charge is 2.04. The predicted molar refractivity (Wildman–Crippen MR) is 60.2 cm³/mol. The molecule has 15 heavy (non-hydrogen) atoms. The molecular formula is C11H9ClN2O. The summed E-state index contributed by atoms with van der Waals surface area (Å²) < 4.78 is 5.52. The van der Waals surface area contributed by atoms with E-state index in [1.807, 2.05) is 12.1 Å². The third kappa shape index (κ3) is 2.19. The lowest BCUT2D eigenvalue weighted by Gasteiger charge is -2.08. The topological polar surface area (TPSA) is 48.1 Å². The molecule has 0 aliphatic rings. The fourth-order valence-corrected chi connectivity index (χ4v) is 1.30. The van der Waals surface area contributed by atoms with Crippen molar-refractivity contribution in [2.45, 2.75) is 0 Å². The van der Waals surface area contributed by atoms with E-state index < -0.39 is 0 Å². The highest BCUT2D eigenvalue weighted by atomic mass is 35.5. The minimum atomic E-state index is 0.505. The Bertz CT molecular complexity index is 430. The Hall–Kier alpha value is -1.74. The largest absolute Gasteiger partial charge is 0.452 e. The molecule has 0 amide bonds. The molecule has 1 aromatic heterocycles. The van der Waals surface area contributed by atoms with Crippen molar-refractivity contribution < 1.29 is 4.74 Å². The van der Waals surface area contributed by atoms with E-state index in [4.69, 9.17) is 22.1 Å². The van der Waals surface area contributed by atoms with Crippen LogP contribution in [0.15, 0.2) is 42.7 Å². The van der Waals surface area contributed by atoms with Gasteiger partial charge in [0.1, 0.15) is 5.75 Å². The van der Waals surface area contributed by atoms with Crippen LogP contribution in [0, 0.1) is 0 Å². The second-order valence-electron chi connectivity index (χ2n) is 2.95. The molecule has 76 valence electrons. The van der Waals surface area contributed by atoms with Crippen molar-refractivity contribution in [2.75, 3.05) is 5.73 Å². The molecule has 0 radical (unpaired) electrons. The molecule has 0 saturated carbocycles. The van der Waals surface area contributed by atoms with Gasteiger partial charge in [-0.15, -0.1) is 0 Å². The first kappa shape index (κ1) is 9.80. The second kappa shape index (κ2) is 4.19. The molecule has 0 fully saturated rings. The van der Waals surface area contributed by atoms with Gasteiger partial charge in [-0.25, -0.2) is 0 Å².